The van der Waals surface area contributed by atoms with Crippen LogP contribution in [0.5, 0.6) is 0 Å². The van der Waals surface area contributed by atoms with Crippen molar-refractivity contribution < 1.29 is 28.4 Å². The van der Waals surface area contributed by atoms with Gasteiger partial charge in [-0.3, -0.25) is 0 Å². The first-order valence-corrected chi connectivity index (χ1v) is 12.2. The molecule has 0 spiro atoms. The summed E-state index contributed by atoms with van der Waals surface area (Å²) in [4.78, 5) is 0. The lowest BCUT2D eigenvalue weighted by atomic mass is 10.2. The number of rotatable bonds is 16. The predicted molar refractivity (Wildman–Crippen MR) is 115 cm³/mol. The summed E-state index contributed by atoms with van der Waals surface area (Å²) in [7, 11) is 1.32. The van der Waals surface area contributed by atoms with Gasteiger partial charge in [-0.05, 0) is 55.4 Å². The summed E-state index contributed by atoms with van der Waals surface area (Å²) >= 11 is 0. The van der Waals surface area contributed by atoms with Gasteiger partial charge in [-0.25, -0.2) is 5.32 Å². The molecule has 0 radical (unpaired) electrons. The van der Waals surface area contributed by atoms with Crippen LogP contribution in [0.4, 0.5) is 0 Å². The lowest BCUT2D eigenvalue weighted by Gasteiger charge is -2.53. The van der Waals surface area contributed by atoms with E-state index in [9.17, 15) is 0 Å². The molecule has 0 saturated heterocycles. The third kappa shape index (κ3) is 6.58. The predicted octanol–water partition coefficient (Wildman–Crippen LogP) is 0.266. The fraction of sp³-hybridized carbons (Fsp3) is 1.00. The monoisotopic (exact) mass is 425 g/mol. The molecule has 1 N–H and O–H groups in total. The van der Waals surface area contributed by atoms with E-state index >= 15 is 0 Å². The fourth-order valence-electron chi connectivity index (χ4n) is 3.17. The molecule has 0 amide bonds. The van der Waals surface area contributed by atoms with Gasteiger partial charge in [-0.15, -0.1) is 0 Å². The first-order chi connectivity index (χ1) is 12.6. The minimum Gasteiger partial charge on any atom is -0.373 e. The lowest BCUT2D eigenvalue weighted by Crippen LogP contribution is -2.78. The van der Waals surface area contributed by atoms with Crippen molar-refractivity contribution in [1.82, 2.24) is 5.32 Å². The Labute approximate surface area is 172 Å². The van der Waals surface area contributed by atoms with Crippen molar-refractivity contribution in [2.75, 3.05) is 39.6 Å². The Balaban J connectivity index is 6.39. The highest BCUT2D eigenvalue weighted by molar-refractivity contribution is 6.15. The average molecular weight is 426 g/mol. The second-order valence-electron chi connectivity index (χ2n) is 6.98. The third-order valence-corrected chi connectivity index (χ3v) is 6.21. The van der Waals surface area contributed by atoms with Gasteiger partial charge in [0.05, 0.1) is 20.5 Å². The van der Waals surface area contributed by atoms with E-state index in [-0.39, 0.29) is 0 Å². The zero-order valence-electron chi connectivity index (χ0n) is 19.2. The highest BCUT2D eigenvalue weighted by Gasteiger charge is 2.59. The Hall–Kier alpha value is 0.154. The lowest BCUT2D eigenvalue weighted by molar-refractivity contribution is -0.397. The largest absolute Gasteiger partial charge is 0.373 e. The molecule has 0 aliphatic rings. The molecule has 0 aliphatic heterocycles. The van der Waals surface area contributed by atoms with Crippen molar-refractivity contribution >= 4 is 20.5 Å². The van der Waals surface area contributed by atoms with Crippen LogP contribution in [-0.2, 0) is 28.4 Å². The number of ether oxygens (including phenoxy) is 6. The van der Waals surface area contributed by atoms with Gasteiger partial charge < -0.3 is 28.4 Å². The van der Waals surface area contributed by atoms with Crippen LogP contribution < -0.4 is 5.32 Å². The molecule has 27 heavy (non-hydrogen) atoms. The standard InChI is InChI=1S/C18H43NO6Si2/c1-9-20-15(7,26)17(22-11-3,23-12-4)19-18(24-13-5,25-14-6)16(8,27)21-10-2/h19H,9-14H2,1-8,26-27H3. The first-order valence-electron chi connectivity index (χ1n) is 10.2. The van der Waals surface area contributed by atoms with Crippen molar-refractivity contribution in [1.29, 1.82) is 0 Å². The Morgan fingerprint density at radius 3 is 0.926 bits per heavy atom. The summed E-state index contributed by atoms with van der Waals surface area (Å²) < 4.78 is 36.9. The van der Waals surface area contributed by atoms with Crippen LogP contribution in [0, 0.1) is 0 Å². The summed E-state index contributed by atoms with van der Waals surface area (Å²) in [5, 5.41) is 2.10. The highest BCUT2D eigenvalue weighted by Crippen LogP contribution is 2.35. The maximum atomic E-state index is 6.19. The molecular weight excluding hydrogens is 382 g/mol. The van der Waals surface area contributed by atoms with E-state index in [0.29, 0.717) is 60.1 Å². The molecule has 0 aliphatic carbocycles. The maximum absolute atomic E-state index is 6.19. The van der Waals surface area contributed by atoms with E-state index in [1.165, 1.54) is 0 Å². The molecule has 0 aromatic carbocycles. The second kappa shape index (κ2) is 12.0. The van der Waals surface area contributed by atoms with E-state index in [4.69, 9.17) is 28.4 Å². The van der Waals surface area contributed by atoms with E-state index in [1.54, 1.807) is 0 Å². The Morgan fingerprint density at radius 2 is 0.741 bits per heavy atom. The van der Waals surface area contributed by atoms with Crippen molar-refractivity contribution in [3.05, 3.63) is 0 Å². The highest BCUT2D eigenvalue weighted by atomic mass is 28.1. The van der Waals surface area contributed by atoms with E-state index in [2.05, 4.69) is 5.32 Å². The number of hydrogen-bond donors (Lipinski definition) is 1. The van der Waals surface area contributed by atoms with Crippen LogP contribution in [0.2, 0.25) is 0 Å². The second-order valence-corrected chi connectivity index (χ2v) is 10.8. The van der Waals surface area contributed by atoms with Crippen molar-refractivity contribution in [3.8, 4) is 0 Å². The fourth-order valence-corrected chi connectivity index (χ4v) is 4.57. The van der Waals surface area contributed by atoms with E-state index in [0.717, 1.165) is 0 Å². The molecule has 2 unspecified atom stereocenters. The molecule has 164 valence electrons. The quantitative estimate of drug-likeness (QED) is 0.281. The normalized spacial score (nSPS) is 17.8. The van der Waals surface area contributed by atoms with Crippen LogP contribution in [-0.4, -0.2) is 82.4 Å². The Kier molecular flexibility index (Phi) is 12.1. The minimum atomic E-state index is -1.23. The zero-order chi connectivity index (χ0) is 21.2. The Morgan fingerprint density at radius 1 is 0.519 bits per heavy atom. The number of hydrogen-bond acceptors (Lipinski definition) is 7. The summed E-state index contributed by atoms with van der Waals surface area (Å²) in [6.45, 7) is 18.5. The smallest absolute Gasteiger partial charge is 0.257 e. The first kappa shape index (κ1) is 27.2. The zero-order valence-corrected chi connectivity index (χ0v) is 23.2. The van der Waals surface area contributed by atoms with E-state index in [1.807, 2.05) is 55.4 Å². The molecule has 9 heteroatoms. The molecular formula is C18H43NO6Si2. The van der Waals surface area contributed by atoms with Gasteiger partial charge in [0.2, 0.25) is 0 Å². The SMILES string of the molecule is CCOC(C)([SiH3])C(NC(OCC)(OCC)C(C)([SiH3])OCC)(OCC)OCC. The maximum Gasteiger partial charge on any atom is 0.257 e. The van der Waals surface area contributed by atoms with Gasteiger partial charge in [-0.1, -0.05) is 0 Å². The molecule has 7 nitrogen and oxygen atoms in total. The Bertz CT molecular complexity index is 361. The van der Waals surface area contributed by atoms with Gasteiger partial charge in [0.25, 0.3) is 11.8 Å². The van der Waals surface area contributed by atoms with Crippen LogP contribution >= 0.6 is 0 Å². The summed E-state index contributed by atoms with van der Waals surface area (Å²) in [5.41, 5.74) is 0. The van der Waals surface area contributed by atoms with E-state index < -0.39 is 22.3 Å². The van der Waals surface area contributed by atoms with Gasteiger partial charge >= 0.3 is 0 Å². The van der Waals surface area contributed by atoms with Crippen LogP contribution in [0.25, 0.3) is 0 Å². The van der Waals surface area contributed by atoms with Crippen LogP contribution in [0.1, 0.15) is 55.4 Å². The minimum absolute atomic E-state index is 0.443. The summed E-state index contributed by atoms with van der Waals surface area (Å²) in [5.74, 6) is -2.46. The van der Waals surface area contributed by atoms with Gasteiger partial charge in [0.1, 0.15) is 10.4 Å². The van der Waals surface area contributed by atoms with Gasteiger partial charge in [-0.2, -0.15) is 0 Å². The summed E-state index contributed by atoms with van der Waals surface area (Å²) in [6, 6.07) is 0. The molecule has 0 saturated carbocycles. The average Bonchev–Trinajstić information content (AvgIpc) is 2.55. The number of nitrogens with one attached hydrogen (secondary N) is 1. The summed E-state index contributed by atoms with van der Waals surface area (Å²) in [6.07, 6.45) is 0. The topological polar surface area (TPSA) is 67.4 Å². The van der Waals surface area contributed by atoms with Gasteiger partial charge in [0, 0.05) is 39.6 Å². The molecule has 2 atom stereocenters. The molecule has 0 fully saturated rings. The van der Waals surface area contributed by atoms with Gasteiger partial charge in [0.15, 0.2) is 0 Å². The molecule has 0 aromatic rings. The molecule has 0 aromatic heterocycles. The van der Waals surface area contributed by atoms with Crippen LogP contribution in [0.15, 0.2) is 0 Å². The molecule has 0 heterocycles. The van der Waals surface area contributed by atoms with Crippen LogP contribution in [0.3, 0.4) is 0 Å². The van der Waals surface area contributed by atoms with Crippen molar-refractivity contribution in [2.45, 2.75) is 77.7 Å². The molecule has 0 bridgehead atoms. The van der Waals surface area contributed by atoms with Crippen molar-refractivity contribution in [2.24, 2.45) is 0 Å². The van der Waals surface area contributed by atoms with Crippen molar-refractivity contribution in [3.63, 3.8) is 0 Å². The molecule has 0 rings (SSSR count). The third-order valence-electron chi connectivity index (χ3n) is 4.32.